The Balaban J connectivity index is 1.28. The lowest BCUT2D eigenvalue weighted by atomic mass is 10.1. The third-order valence-corrected chi connectivity index (χ3v) is 5.27. The molecule has 2 heterocycles. The van der Waals surface area contributed by atoms with Crippen LogP contribution in [-0.4, -0.2) is 20.4 Å². The van der Waals surface area contributed by atoms with E-state index in [0.29, 0.717) is 40.2 Å². The first-order valence-electron chi connectivity index (χ1n) is 9.77. The molecule has 0 saturated carbocycles. The van der Waals surface area contributed by atoms with Crippen LogP contribution in [0.15, 0.2) is 71.8 Å². The van der Waals surface area contributed by atoms with Crippen molar-refractivity contribution < 1.29 is 9.21 Å². The van der Waals surface area contributed by atoms with Crippen molar-refractivity contribution in [3.05, 3.63) is 94.4 Å². The Hall–Kier alpha value is -3.09. The highest BCUT2D eigenvalue weighted by Gasteiger charge is 2.12. The lowest BCUT2D eigenvalue weighted by Gasteiger charge is -2.08. The maximum atomic E-state index is 12.3. The van der Waals surface area contributed by atoms with E-state index in [2.05, 4.69) is 27.4 Å². The molecule has 4 rings (SSSR count). The summed E-state index contributed by atoms with van der Waals surface area (Å²) in [7, 11) is 0. The number of halogens is 2. The van der Waals surface area contributed by atoms with Gasteiger partial charge in [0.15, 0.2) is 11.7 Å². The summed E-state index contributed by atoms with van der Waals surface area (Å²) in [6.07, 6.45) is 7.74. The van der Waals surface area contributed by atoms with Crippen LogP contribution in [0.25, 0.3) is 11.3 Å². The van der Waals surface area contributed by atoms with Crippen LogP contribution in [0.1, 0.15) is 23.4 Å². The first-order valence-corrected chi connectivity index (χ1v) is 10.5. The fourth-order valence-electron chi connectivity index (χ4n) is 3.18. The fraction of sp³-hybridized carbons (Fsp3) is 0.174. The largest absolute Gasteiger partial charge is 0.441 e. The van der Waals surface area contributed by atoms with Gasteiger partial charge in [0.25, 0.3) is 0 Å². The zero-order valence-corrected chi connectivity index (χ0v) is 18.1. The summed E-state index contributed by atoms with van der Waals surface area (Å²) < 4.78 is 7.74. The van der Waals surface area contributed by atoms with Crippen LogP contribution in [0.2, 0.25) is 10.0 Å². The van der Waals surface area contributed by atoms with Gasteiger partial charge in [0.1, 0.15) is 0 Å². The predicted molar refractivity (Wildman–Crippen MR) is 120 cm³/mol. The zero-order valence-electron chi connectivity index (χ0n) is 16.6. The molecule has 2 aromatic heterocycles. The Morgan fingerprint density at radius 2 is 2.00 bits per heavy atom. The molecule has 0 saturated heterocycles. The maximum Gasteiger partial charge on any atom is 0.220 e. The van der Waals surface area contributed by atoms with Gasteiger partial charge in [-0.3, -0.25) is 4.79 Å². The van der Waals surface area contributed by atoms with Crippen molar-refractivity contribution in [2.45, 2.75) is 25.9 Å². The Kier molecular flexibility index (Phi) is 6.70. The van der Waals surface area contributed by atoms with Crippen LogP contribution < -0.4 is 5.32 Å². The van der Waals surface area contributed by atoms with Crippen LogP contribution in [0, 0.1) is 0 Å². The molecule has 0 fully saturated rings. The molecule has 0 aliphatic carbocycles. The van der Waals surface area contributed by atoms with Gasteiger partial charge in [0, 0.05) is 48.9 Å². The number of amides is 1. The zero-order chi connectivity index (χ0) is 21.6. The van der Waals surface area contributed by atoms with Crippen molar-refractivity contribution in [2.24, 2.45) is 0 Å². The first-order chi connectivity index (χ1) is 15.1. The highest BCUT2D eigenvalue weighted by atomic mass is 35.5. The third kappa shape index (κ3) is 5.75. The average Bonchev–Trinajstić information content (AvgIpc) is 3.43. The minimum atomic E-state index is -0.0655. The molecule has 8 heteroatoms. The van der Waals surface area contributed by atoms with Crippen molar-refractivity contribution in [1.82, 2.24) is 19.9 Å². The summed E-state index contributed by atoms with van der Waals surface area (Å²) in [5.74, 6) is 0.967. The number of benzene rings is 2. The van der Waals surface area contributed by atoms with Gasteiger partial charge >= 0.3 is 0 Å². The van der Waals surface area contributed by atoms with Crippen molar-refractivity contribution in [2.75, 3.05) is 0 Å². The molecule has 1 amide bonds. The van der Waals surface area contributed by atoms with Gasteiger partial charge in [-0.25, -0.2) is 9.97 Å². The first kappa shape index (κ1) is 21.2. The SMILES string of the molecule is O=C(CCc1ncc(-c2ccc(Cl)cc2Cl)o1)NCc1cccc(Cn2ccnc2)c1. The van der Waals surface area contributed by atoms with Gasteiger partial charge in [0.05, 0.1) is 17.5 Å². The number of aryl methyl sites for hydroxylation is 1. The molecule has 2 aromatic carbocycles. The number of carbonyl (C=O) groups is 1. The highest BCUT2D eigenvalue weighted by molar-refractivity contribution is 6.36. The number of rotatable bonds is 8. The molecule has 0 bridgehead atoms. The second-order valence-corrected chi connectivity index (χ2v) is 7.92. The smallest absolute Gasteiger partial charge is 0.220 e. The van der Waals surface area contributed by atoms with Gasteiger partial charge in [0.2, 0.25) is 5.91 Å². The Bertz CT molecular complexity index is 1170. The second kappa shape index (κ2) is 9.81. The molecule has 0 spiro atoms. The Labute approximate surface area is 189 Å². The van der Waals surface area contributed by atoms with Crippen LogP contribution in [-0.2, 0) is 24.3 Å². The van der Waals surface area contributed by atoms with Gasteiger partial charge < -0.3 is 14.3 Å². The normalized spacial score (nSPS) is 10.9. The number of hydrogen-bond acceptors (Lipinski definition) is 4. The molecule has 1 N–H and O–H groups in total. The lowest BCUT2D eigenvalue weighted by Crippen LogP contribution is -2.23. The number of aromatic nitrogens is 3. The van der Waals surface area contributed by atoms with Crippen LogP contribution in [0.5, 0.6) is 0 Å². The summed E-state index contributed by atoms with van der Waals surface area (Å²) in [5.41, 5.74) is 2.91. The minimum absolute atomic E-state index is 0.0655. The monoisotopic (exact) mass is 454 g/mol. The number of carbonyl (C=O) groups excluding carboxylic acids is 1. The molecule has 31 heavy (non-hydrogen) atoms. The summed E-state index contributed by atoms with van der Waals surface area (Å²) in [4.78, 5) is 20.6. The summed E-state index contributed by atoms with van der Waals surface area (Å²) in [6, 6.07) is 13.3. The van der Waals surface area contributed by atoms with Gasteiger partial charge in [-0.15, -0.1) is 0 Å². The van der Waals surface area contributed by atoms with E-state index in [1.165, 1.54) is 0 Å². The lowest BCUT2D eigenvalue weighted by molar-refractivity contribution is -0.121. The predicted octanol–water partition coefficient (Wildman–Crippen LogP) is 5.14. The standard InChI is InChI=1S/C23H20Cl2N4O2/c24-18-4-5-19(20(25)11-18)21-13-28-23(31-21)7-6-22(30)27-12-16-2-1-3-17(10-16)14-29-9-8-26-15-29/h1-5,8-11,13,15H,6-7,12,14H2,(H,27,30). The molecule has 4 aromatic rings. The van der Waals surface area contributed by atoms with E-state index in [4.69, 9.17) is 27.6 Å². The topological polar surface area (TPSA) is 73.0 Å². The Morgan fingerprint density at radius 1 is 1.13 bits per heavy atom. The number of oxazole rings is 1. The molecular formula is C23H20Cl2N4O2. The van der Waals surface area contributed by atoms with Gasteiger partial charge in [-0.05, 0) is 29.3 Å². The van der Waals surface area contributed by atoms with E-state index in [1.54, 1.807) is 36.9 Å². The molecule has 0 atom stereocenters. The molecule has 0 unspecified atom stereocenters. The molecule has 0 aliphatic heterocycles. The molecule has 0 radical (unpaired) electrons. The number of nitrogens with one attached hydrogen (secondary N) is 1. The minimum Gasteiger partial charge on any atom is -0.441 e. The summed E-state index contributed by atoms with van der Waals surface area (Å²) >= 11 is 12.1. The van der Waals surface area contributed by atoms with E-state index < -0.39 is 0 Å². The van der Waals surface area contributed by atoms with Crippen LogP contribution >= 0.6 is 23.2 Å². The van der Waals surface area contributed by atoms with E-state index in [-0.39, 0.29) is 12.3 Å². The van der Waals surface area contributed by atoms with Crippen LogP contribution in [0.3, 0.4) is 0 Å². The van der Waals surface area contributed by atoms with Crippen molar-refractivity contribution >= 4 is 29.1 Å². The quantitative estimate of drug-likeness (QED) is 0.399. The molecular weight excluding hydrogens is 435 g/mol. The van der Waals surface area contributed by atoms with E-state index >= 15 is 0 Å². The van der Waals surface area contributed by atoms with Crippen molar-refractivity contribution in [3.63, 3.8) is 0 Å². The Morgan fingerprint density at radius 3 is 2.81 bits per heavy atom. The molecule has 158 valence electrons. The van der Waals surface area contributed by atoms with E-state index in [9.17, 15) is 4.79 Å². The van der Waals surface area contributed by atoms with E-state index in [1.807, 2.05) is 22.9 Å². The van der Waals surface area contributed by atoms with Gasteiger partial charge in [-0.1, -0.05) is 47.5 Å². The average molecular weight is 455 g/mol. The number of hydrogen-bond donors (Lipinski definition) is 1. The van der Waals surface area contributed by atoms with Crippen molar-refractivity contribution in [3.8, 4) is 11.3 Å². The maximum absolute atomic E-state index is 12.3. The molecule has 6 nitrogen and oxygen atoms in total. The number of imidazole rings is 1. The summed E-state index contributed by atoms with van der Waals surface area (Å²) in [6.45, 7) is 1.21. The number of nitrogens with zero attached hydrogens (tertiary/aromatic N) is 3. The fourth-order valence-corrected chi connectivity index (χ4v) is 3.68. The van der Waals surface area contributed by atoms with Crippen LogP contribution in [0.4, 0.5) is 0 Å². The summed E-state index contributed by atoms with van der Waals surface area (Å²) in [5, 5.41) is 3.99. The molecule has 0 aliphatic rings. The highest BCUT2D eigenvalue weighted by Crippen LogP contribution is 2.30. The van der Waals surface area contributed by atoms with Gasteiger partial charge in [-0.2, -0.15) is 0 Å². The second-order valence-electron chi connectivity index (χ2n) is 7.07. The third-order valence-electron chi connectivity index (χ3n) is 4.72. The van der Waals surface area contributed by atoms with E-state index in [0.717, 1.165) is 17.7 Å². The van der Waals surface area contributed by atoms with Crippen molar-refractivity contribution in [1.29, 1.82) is 0 Å².